The second-order valence-corrected chi connectivity index (χ2v) is 17.0. The average molecular weight is 751 g/mol. The predicted octanol–water partition coefficient (Wildman–Crippen LogP) is 14.6. The highest BCUT2D eigenvalue weighted by molar-refractivity contribution is 5.71. The fourth-order valence-corrected chi connectivity index (χ4v) is 6.93. The summed E-state index contributed by atoms with van der Waals surface area (Å²) in [7, 11) is 0. The maximum atomic E-state index is 12.7. The summed E-state index contributed by atoms with van der Waals surface area (Å²) >= 11 is 0. The first-order chi connectivity index (χ1) is 25.7. The number of hydrogen-bond donors (Lipinski definition) is 0. The second-order valence-electron chi connectivity index (χ2n) is 17.0. The van der Waals surface area contributed by atoms with Gasteiger partial charge in [-0.3, -0.25) is 14.4 Å². The van der Waals surface area contributed by atoms with E-state index in [1.807, 2.05) is 0 Å². The van der Waals surface area contributed by atoms with E-state index in [2.05, 4.69) is 34.6 Å². The molecule has 0 bridgehead atoms. The van der Waals surface area contributed by atoms with Crippen molar-refractivity contribution < 1.29 is 28.6 Å². The van der Waals surface area contributed by atoms with E-state index in [9.17, 15) is 14.4 Å². The third-order valence-electron chi connectivity index (χ3n) is 10.5. The Labute approximate surface area is 329 Å². The van der Waals surface area contributed by atoms with Gasteiger partial charge in [-0.15, -0.1) is 0 Å². The molecule has 0 aliphatic carbocycles. The Morgan fingerprint density at radius 1 is 0.358 bits per heavy atom. The largest absolute Gasteiger partial charge is 0.462 e. The van der Waals surface area contributed by atoms with Crippen molar-refractivity contribution in [1.82, 2.24) is 0 Å². The van der Waals surface area contributed by atoms with E-state index in [1.165, 1.54) is 141 Å². The molecule has 53 heavy (non-hydrogen) atoms. The molecule has 0 aromatic rings. The quantitative estimate of drug-likeness (QED) is 0.0352. The van der Waals surface area contributed by atoms with Crippen LogP contribution in [0.3, 0.4) is 0 Å². The summed E-state index contributed by atoms with van der Waals surface area (Å²) in [5.41, 5.74) is 0. The van der Waals surface area contributed by atoms with E-state index in [-0.39, 0.29) is 31.1 Å². The highest BCUT2D eigenvalue weighted by Crippen LogP contribution is 2.16. The summed E-state index contributed by atoms with van der Waals surface area (Å²) in [4.78, 5) is 37.7. The Bertz CT molecular complexity index is 809. The standard InChI is InChI=1S/C47H90O6/c1-6-7-8-9-10-11-12-13-14-17-22-27-32-37-45(48)51-40-44(53-47(50)39-34-29-24-19-21-26-31-36-43(4)5)41-52-46(49)38-33-28-23-18-15-16-20-25-30-35-42(2)3/h42-44H,6-41H2,1-5H3/t44-/m1/s1. The third kappa shape index (κ3) is 41.4. The molecule has 0 spiro atoms. The van der Waals surface area contributed by atoms with E-state index in [0.29, 0.717) is 19.3 Å². The summed E-state index contributed by atoms with van der Waals surface area (Å²) in [5, 5.41) is 0. The number of rotatable bonds is 41. The zero-order valence-corrected chi connectivity index (χ0v) is 36.1. The lowest BCUT2D eigenvalue weighted by Gasteiger charge is -2.18. The topological polar surface area (TPSA) is 78.9 Å². The third-order valence-corrected chi connectivity index (χ3v) is 10.5. The number of ether oxygens (including phenoxy) is 3. The van der Waals surface area contributed by atoms with Crippen molar-refractivity contribution in [3.05, 3.63) is 0 Å². The van der Waals surface area contributed by atoms with Gasteiger partial charge in [-0.1, -0.05) is 214 Å². The van der Waals surface area contributed by atoms with Crippen LogP contribution in [0.4, 0.5) is 0 Å². The van der Waals surface area contributed by atoms with Crippen molar-refractivity contribution in [1.29, 1.82) is 0 Å². The molecule has 0 rings (SSSR count). The van der Waals surface area contributed by atoms with Gasteiger partial charge in [0, 0.05) is 19.3 Å². The van der Waals surface area contributed by atoms with Crippen LogP contribution in [0, 0.1) is 11.8 Å². The number of esters is 3. The first-order valence-corrected chi connectivity index (χ1v) is 23.2. The summed E-state index contributed by atoms with van der Waals surface area (Å²) in [5.74, 6) is 0.727. The van der Waals surface area contributed by atoms with Crippen molar-refractivity contribution in [2.75, 3.05) is 13.2 Å². The van der Waals surface area contributed by atoms with Gasteiger partial charge in [-0.05, 0) is 31.1 Å². The van der Waals surface area contributed by atoms with Crippen LogP contribution in [0.1, 0.15) is 253 Å². The maximum absolute atomic E-state index is 12.7. The normalized spacial score (nSPS) is 12.1. The molecule has 0 aliphatic heterocycles. The molecule has 0 N–H and O–H groups in total. The fourth-order valence-electron chi connectivity index (χ4n) is 6.93. The van der Waals surface area contributed by atoms with Crippen LogP contribution in [0.25, 0.3) is 0 Å². The Balaban J connectivity index is 4.32. The highest BCUT2D eigenvalue weighted by atomic mass is 16.6. The Morgan fingerprint density at radius 3 is 0.925 bits per heavy atom. The van der Waals surface area contributed by atoms with Crippen molar-refractivity contribution in [3.8, 4) is 0 Å². The van der Waals surface area contributed by atoms with Crippen molar-refractivity contribution in [3.63, 3.8) is 0 Å². The van der Waals surface area contributed by atoms with Crippen LogP contribution in [0.5, 0.6) is 0 Å². The number of carbonyl (C=O) groups is 3. The van der Waals surface area contributed by atoms with Crippen LogP contribution in [0.15, 0.2) is 0 Å². The molecular weight excluding hydrogens is 661 g/mol. The van der Waals surface area contributed by atoms with Crippen molar-refractivity contribution >= 4 is 17.9 Å². The zero-order valence-electron chi connectivity index (χ0n) is 36.1. The SMILES string of the molecule is CCCCCCCCCCCCCCCC(=O)OC[C@H](COC(=O)CCCCCCCCCCCC(C)C)OC(=O)CCCCCCCCCC(C)C. The maximum Gasteiger partial charge on any atom is 0.306 e. The van der Waals surface area contributed by atoms with E-state index in [4.69, 9.17) is 14.2 Å². The smallest absolute Gasteiger partial charge is 0.306 e. The van der Waals surface area contributed by atoms with Gasteiger partial charge in [-0.2, -0.15) is 0 Å². The summed E-state index contributed by atoms with van der Waals surface area (Å²) < 4.78 is 16.7. The number of hydrogen-bond acceptors (Lipinski definition) is 6. The summed E-state index contributed by atoms with van der Waals surface area (Å²) in [6.45, 7) is 11.3. The van der Waals surface area contributed by atoms with E-state index in [1.54, 1.807) is 0 Å². The Hall–Kier alpha value is -1.59. The number of unbranched alkanes of at least 4 members (excludes halogenated alkanes) is 26. The molecule has 0 aromatic heterocycles. The lowest BCUT2D eigenvalue weighted by Crippen LogP contribution is -2.30. The van der Waals surface area contributed by atoms with Gasteiger partial charge < -0.3 is 14.2 Å². The molecule has 314 valence electrons. The molecule has 0 aromatic carbocycles. The van der Waals surface area contributed by atoms with E-state index >= 15 is 0 Å². The molecule has 0 amide bonds. The van der Waals surface area contributed by atoms with Crippen LogP contribution in [0.2, 0.25) is 0 Å². The second kappa shape index (κ2) is 40.1. The van der Waals surface area contributed by atoms with Crippen LogP contribution in [-0.2, 0) is 28.6 Å². The summed E-state index contributed by atoms with van der Waals surface area (Å²) in [6, 6.07) is 0. The molecule has 0 saturated heterocycles. The Morgan fingerprint density at radius 2 is 0.623 bits per heavy atom. The highest BCUT2D eigenvalue weighted by Gasteiger charge is 2.19. The molecule has 0 saturated carbocycles. The molecular formula is C47H90O6. The lowest BCUT2D eigenvalue weighted by atomic mass is 10.0. The molecule has 0 radical (unpaired) electrons. The van der Waals surface area contributed by atoms with E-state index in [0.717, 1.165) is 69.6 Å². The van der Waals surface area contributed by atoms with Gasteiger partial charge in [0.25, 0.3) is 0 Å². The van der Waals surface area contributed by atoms with Gasteiger partial charge in [0.2, 0.25) is 0 Å². The van der Waals surface area contributed by atoms with Gasteiger partial charge >= 0.3 is 17.9 Å². The van der Waals surface area contributed by atoms with Gasteiger partial charge in [0.15, 0.2) is 6.10 Å². The van der Waals surface area contributed by atoms with Crippen LogP contribution < -0.4 is 0 Å². The zero-order chi connectivity index (χ0) is 39.0. The van der Waals surface area contributed by atoms with Gasteiger partial charge in [0.1, 0.15) is 13.2 Å². The molecule has 0 heterocycles. The van der Waals surface area contributed by atoms with E-state index < -0.39 is 6.10 Å². The van der Waals surface area contributed by atoms with Crippen molar-refractivity contribution in [2.24, 2.45) is 11.8 Å². The minimum absolute atomic E-state index is 0.0653. The first kappa shape index (κ1) is 51.4. The molecule has 6 nitrogen and oxygen atoms in total. The molecule has 1 atom stereocenters. The molecule has 0 aliphatic rings. The minimum Gasteiger partial charge on any atom is -0.462 e. The molecule has 0 fully saturated rings. The first-order valence-electron chi connectivity index (χ1n) is 23.2. The van der Waals surface area contributed by atoms with Gasteiger partial charge in [-0.25, -0.2) is 0 Å². The molecule has 0 unspecified atom stereocenters. The summed E-state index contributed by atoms with van der Waals surface area (Å²) in [6.07, 6.45) is 38.1. The fraction of sp³-hybridized carbons (Fsp3) is 0.936. The lowest BCUT2D eigenvalue weighted by molar-refractivity contribution is -0.167. The monoisotopic (exact) mass is 751 g/mol. The van der Waals surface area contributed by atoms with Crippen LogP contribution >= 0.6 is 0 Å². The average Bonchev–Trinajstić information content (AvgIpc) is 3.12. The predicted molar refractivity (Wildman–Crippen MR) is 224 cm³/mol. The minimum atomic E-state index is -0.761. The molecule has 6 heteroatoms. The van der Waals surface area contributed by atoms with Crippen LogP contribution in [-0.4, -0.2) is 37.2 Å². The van der Waals surface area contributed by atoms with Gasteiger partial charge in [0.05, 0.1) is 0 Å². The van der Waals surface area contributed by atoms with Crippen molar-refractivity contribution in [2.45, 2.75) is 259 Å². The number of carbonyl (C=O) groups excluding carboxylic acids is 3. The Kier molecular flexibility index (Phi) is 38.9.